The minimum absolute atomic E-state index is 0.161. The van der Waals surface area contributed by atoms with Gasteiger partial charge in [-0.2, -0.15) is 0 Å². The Morgan fingerprint density at radius 2 is 1.71 bits per heavy atom. The molecule has 0 fully saturated rings. The Bertz CT molecular complexity index is 395. The Morgan fingerprint density at radius 1 is 1.05 bits per heavy atom. The first-order valence-electron chi connectivity index (χ1n) is 8.37. The van der Waals surface area contributed by atoms with E-state index >= 15 is 0 Å². The van der Waals surface area contributed by atoms with E-state index in [4.69, 9.17) is 11.6 Å². The summed E-state index contributed by atoms with van der Waals surface area (Å²) in [5.74, 6) is -0.211. The minimum atomic E-state index is -0.211. The largest absolute Gasteiger partial charge is 0.310 e. The van der Waals surface area contributed by atoms with Gasteiger partial charge in [0.1, 0.15) is 5.82 Å². The summed E-state index contributed by atoms with van der Waals surface area (Å²) in [4.78, 5) is 0. The second-order valence-electron chi connectivity index (χ2n) is 5.69. The van der Waals surface area contributed by atoms with Crippen LogP contribution in [0, 0.1) is 5.82 Å². The van der Waals surface area contributed by atoms with Gasteiger partial charge in [-0.25, -0.2) is 4.39 Å². The molecule has 0 aromatic heterocycles. The van der Waals surface area contributed by atoms with Crippen molar-refractivity contribution in [1.29, 1.82) is 0 Å². The van der Waals surface area contributed by atoms with Crippen LogP contribution in [0.2, 0.25) is 5.02 Å². The SMILES string of the molecule is CCCCCCCCCC(NCC)c1cc(F)ccc1Cl. The molecule has 1 N–H and O–H groups in total. The number of hydrogen-bond donors (Lipinski definition) is 1. The lowest BCUT2D eigenvalue weighted by atomic mass is 9.99. The zero-order valence-corrected chi connectivity index (χ0v) is 14.2. The van der Waals surface area contributed by atoms with E-state index in [9.17, 15) is 4.39 Å². The molecule has 0 bridgehead atoms. The Morgan fingerprint density at radius 3 is 2.38 bits per heavy atom. The molecule has 0 spiro atoms. The standard InChI is InChI=1S/C18H29ClFN/c1-3-5-6-7-8-9-10-11-18(21-4-2)16-14-15(20)12-13-17(16)19/h12-14,18,21H,3-11H2,1-2H3. The third kappa shape index (κ3) is 7.28. The fourth-order valence-electron chi connectivity index (χ4n) is 2.70. The van der Waals surface area contributed by atoms with Gasteiger partial charge in [-0.3, -0.25) is 0 Å². The lowest BCUT2D eigenvalue weighted by Crippen LogP contribution is -2.21. The Hall–Kier alpha value is -0.600. The van der Waals surface area contributed by atoms with Crippen LogP contribution in [0.4, 0.5) is 4.39 Å². The number of hydrogen-bond acceptors (Lipinski definition) is 1. The second-order valence-corrected chi connectivity index (χ2v) is 6.09. The highest BCUT2D eigenvalue weighted by Crippen LogP contribution is 2.28. The third-order valence-corrected chi connectivity index (χ3v) is 4.22. The summed E-state index contributed by atoms with van der Waals surface area (Å²) >= 11 is 6.22. The maximum atomic E-state index is 13.4. The van der Waals surface area contributed by atoms with Crippen LogP contribution in [0.1, 0.15) is 76.8 Å². The Labute approximate surface area is 134 Å². The molecule has 3 heteroatoms. The van der Waals surface area contributed by atoms with Gasteiger partial charge >= 0.3 is 0 Å². The number of benzene rings is 1. The molecule has 0 aliphatic heterocycles. The number of nitrogens with one attached hydrogen (secondary N) is 1. The van der Waals surface area contributed by atoms with Crippen molar-refractivity contribution in [2.45, 2.75) is 71.3 Å². The van der Waals surface area contributed by atoms with Crippen molar-refractivity contribution >= 4 is 11.6 Å². The minimum Gasteiger partial charge on any atom is -0.310 e. The molecular formula is C18H29ClFN. The van der Waals surface area contributed by atoms with Gasteiger partial charge in [-0.1, -0.05) is 70.4 Å². The molecule has 1 aromatic carbocycles. The van der Waals surface area contributed by atoms with Gasteiger partial charge in [0, 0.05) is 11.1 Å². The molecule has 0 saturated heterocycles. The van der Waals surface area contributed by atoms with Gasteiger partial charge in [-0.15, -0.1) is 0 Å². The number of unbranched alkanes of at least 4 members (excludes halogenated alkanes) is 6. The van der Waals surface area contributed by atoms with Gasteiger partial charge in [-0.05, 0) is 36.7 Å². The molecule has 0 saturated carbocycles. The fourth-order valence-corrected chi connectivity index (χ4v) is 2.95. The van der Waals surface area contributed by atoms with E-state index < -0.39 is 0 Å². The van der Waals surface area contributed by atoms with E-state index in [0.29, 0.717) is 5.02 Å². The first-order valence-corrected chi connectivity index (χ1v) is 8.75. The highest BCUT2D eigenvalue weighted by Gasteiger charge is 2.14. The average molecular weight is 314 g/mol. The summed E-state index contributed by atoms with van der Waals surface area (Å²) < 4.78 is 13.4. The van der Waals surface area contributed by atoms with Gasteiger partial charge < -0.3 is 5.32 Å². The Balaban J connectivity index is 2.41. The van der Waals surface area contributed by atoms with Crippen molar-refractivity contribution in [3.63, 3.8) is 0 Å². The molecule has 120 valence electrons. The summed E-state index contributed by atoms with van der Waals surface area (Å²) in [5, 5.41) is 4.08. The van der Waals surface area contributed by atoms with E-state index in [-0.39, 0.29) is 11.9 Å². The van der Waals surface area contributed by atoms with Crippen molar-refractivity contribution in [3.05, 3.63) is 34.6 Å². The smallest absolute Gasteiger partial charge is 0.123 e. The summed E-state index contributed by atoms with van der Waals surface area (Å²) in [7, 11) is 0. The van der Waals surface area contributed by atoms with Crippen molar-refractivity contribution in [1.82, 2.24) is 5.32 Å². The van der Waals surface area contributed by atoms with Gasteiger partial charge in [0.15, 0.2) is 0 Å². The van der Waals surface area contributed by atoms with Crippen LogP contribution in [-0.4, -0.2) is 6.54 Å². The molecule has 0 aliphatic rings. The normalized spacial score (nSPS) is 12.6. The summed E-state index contributed by atoms with van der Waals surface area (Å²) in [6, 6.07) is 4.80. The summed E-state index contributed by atoms with van der Waals surface area (Å²) in [6.45, 7) is 5.18. The molecule has 1 rings (SSSR count). The topological polar surface area (TPSA) is 12.0 Å². The monoisotopic (exact) mass is 313 g/mol. The van der Waals surface area contributed by atoms with Crippen molar-refractivity contribution in [2.24, 2.45) is 0 Å². The van der Waals surface area contributed by atoms with Crippen LogP contribution in [0.15, 0.2) is 18.2 Å². The third-order valence-electron chi connectivity index (χ3n) is 3.88. The lowest BCUT2D eigenvalue weighted by Gasteiger charge is -2.19. The number of halogens is 2. The van der Waals surface area contributed by atoms with E-state index in [0.717, 1.165) is 24.9 Å². The van der Waals surface area contributed by atoms with E-state index in [2.05, 4.69) is 19.2 Å². The summed E-state index contributed by atoms with van der Waals surface area (Å²) in [6.07, 6.45) is 10.1. The van der Waals surface area contributed by atoms with E-state index in [1.54, 1.807) is 12.1 Å². The zero-order valence-electron chi connectivity index (χ0n) is 13.4. The molecule has 1 atom stereocenters. The molecule has 0 radical (unpaired) electrons. The highest BCUT2D eigenvalue weighted by atomic mass is 35.5. The van der Waals surface area contributed by atoms with Crippen LogP contribution >= 0.6 is 11.6 Å². The predicted molar refractivity (Wildman–Crippen MR) is 90.4 cm³/mol. The van der Waals surface area contributed by atoms with Crippen LogP contribution in [0.3, 0.4) is 0 Å². The van der Waals surface area contributed by atoms with Gasteiger partial charge in [0.2, 0.25) is 0 Å². The lowest BCUT2D eigenvalue weighted by molar-refractivity contribution is 0.473. The molecule has 1 unspecified atom stereocenters. The predicted octanol–water partition coefficient (Wildman–Crippen LogP) is 6.27. The fraction of sp³-hybridized carbons (Fsp3) is 0.667. The number of rotatable bonds is 11. The van der Waals surface area contributed by atoms with Crippen molar-refractivity contribution in [3.8, 4) is 0 Å². The van der Waals surface area contributed by atoms with Crippen LogP contribution in [-0.2, 0) is 0 Å². The van der Waals surface area contributed by atoms with Gasteiger partial charge in [0.25, 0.3) is 0 Å². The second kappa shape index (κ2) is 11.0. The van der Waals surface area contributed by atoms with Gasteiger partial charge in [0.05, 0.1) is 0 Å². The van der Waals surface area contributed by atoms with E-state index in [1.807, 2.05) is 0 Å². The first-order chi connectivity index (χ1) is 10.2. The average Bonchev–Trinajstić information content (AvgIpc) is 2.48. The maximum absolute atomic E-state index is 13.4. The molecule has 1 aromatic rings. The molecule has 0 amide bonds. The highest BCUT2D eigenvalue weighted by molar-refractivity contribution is 6.31. The Kier molecular flexibility index (Phi) is 9.69. The van der Waals surface area contributed by atoms with Crippen LogP contribution in [0.25, 0.3) is 0 Å². The quantitative estimate of drug-likeness (QED) is 0.475. The van der Waals surface area contributed by atoms with Crippen molar-refractivity contribution in [2.75, 3.05) is 6.54 Å². The molecule has 0 aliphatic carbocycles. The molecule has 21 heavy (non-hydrogen) atoms. The molecule has 1 nitrogen and oxygen atoms in total. The van der Waals surface area contributed by atoms with Crippen LogP contribution in [0.5, 0.6) is 0 Å². The van der Waals surface area contributed by atoms with Crippen LogP contribution < -0.4 is 5.32 Å². The summed E-state index contributed by atoms with van der Waals surface area (Å²) in [5.41, 5.74) is 0.893. The maximum Gasteiger partial charge on any atom is 0.123 e. The van der Waals surface area contributed by atoms with Crippen molar-refractivity contribution < 1.29 is 4.39 Å². The van der Waals surface area contributed by atoms with E-state index in [1.165, 1.54) is 44.6 Å². The zero-order chi connectivity index (χ0) is 15.5. The first kappa shape index (κ1) is 18.4. The molecule has 0 heterocycles. The molecular weight excluding hydrogens is 285 g/mol.